The van der Waals surface area contributed by atoms with Crippen molar-refractivity contribution in [3.8, 4) is 6.07 Å². The first kappa shape index (κ1) is 17.9. The molecule has 124 valence electrons. The lowest BCUT2D eigenvalue weighted by Gasteiger charge is -2.16. The number of nitrogens with zero attached hydrogens (tertiary/aromatic N) is 1. The van der Waals surface area contributed by atoms with Gasteiger partial charge in [-0.25, -0.2) is 0 Å². The third kappa shape index (κ3) is 3.91. The van der Waals surface area contributed by atoms with E-state index in [4.69, 9.17) is 28.5 Å². The number of hydrogen-bond donors (Lipinski definition) is 2. The van der Waals surface area contributed by atoms with Crippen molar-refractivity contribution >= 4 is 34.8 Å². The lowest BCUT2D eigenvalue weighted by molar-refractivity contribution is -0.137. The molecule has 0 unspecified atom stereocenters. The van der Waals surface area contributed by atoms with Gasteiger partial charge in [0, 0.05) is 0 Å². The van der Waals surface area contributed by atoms with Gasteiger partial charge in [-0.3, -0.25) is 15.6 Å². The highest BCUT2D eigenvalue weighted by Gasteiger charge is 2.34. The minimum atomic E-state index is -4.70. The van der Waals surface area contributed by atoms with Crippen LogP contribution in [-0.2, 0) is 6.18 Å². The van der Waals surface area contributed by atoms with Gasteiger partial charge in [0.1, 0.15) is 0 Å². The molecule has 2 N–H and O–H groups in total. The quantitative estimate of drug-likeness (QED) is 0.770. The van der Waals surface area contributed by atoms with Crippen LogP contribution in [0, 0.1) is 11.3 Å². The molecule has 1 amide bonds. The van der Waals surface area contributed by atoms with E-state index < -0.39 is 23.3 Å². The molecule has 0 aliphatic carbocycles. The summed E-state index contributed by atoms with van der Waals surface area (Å²) >= 11 is 11.7. The average Bonchev–Trinajstić information content (AvgIpc) is 2.54. The van der Waals surface area contributed by atoms with Crippen molar-refractivity contribution in [2.45, 2.75) is 6.18 Å². The van der Waals surface area contributed by atoms with Crippen molar-refractivity contribution in [3.05, 3.63) is 63.1 Å². The second-order valence-electron chi connectivity index (χ2n) is 4.55. The van der Waals surface area contributed by atoms with Gasteiger partial charge in [0.15, 0.2) is 0 Å². The molecule has 0 atom stereocenters. The van der Waals surface area contributed by atoms with E-state index in [1.165, 1.54) is 24.3 Å². The summed E-state index contributed by atoms with van der Waals surface area (Å²) in [5.41, 5.74) is 2.65. The van der Waals surface area contributed by atoms with Gasteiger partial charge in [-0.15, -0.1) is 0 Å². The largest absolute Gasteiger partial charge is 0.418 e. The van der Waals surface area contributed by atoms with E-state index in [1.807, 2.05) is 0 Å². The predicted octanol–water partition coefficient (Wildman–Crippen LogP) is 4.64. The molecule has 0 spiro atoms. The Morgan fingerprint density at radius 3 is 2.50 bits per heavy atom. The maximum Gasteiger partial charge on any atom is 0.418 e. The topological polar surface area (TPSA) is 64.9 Å². The maximum absolute atomic E-state index is 13.0. The summed E-state index contributed by atoms with van der Waals surface area (Å²) in [6, 6.07) is 8.86. The number of nitrogens with one attached hydrogen (secondary N) is 2. The third-order valence-corrected chi connectivity index (χ3v) is 3.78. The van der Waals surface area contributed by atoms with Crippen LogP contribution in [0.2, 0.25) is 10.0 Å². The van der Waals surface area contributed by atoms with E-state index in [9.17, 15) is 18.0 Å². The number of alkyl halides is 3. The van der Waals surface area contributed by atoms with Gasteiger partial charge in [0.25, 0.3) is 5.91 Å². The van der Waals surface area contributed by atoms with Gasteiger partial charge < -0.3 is 0 Å². The Morgan fingerprint density at radius 1 is 1.17 bits per heavy atom. The summed E-state index contributed by atoms with van der Waals surface area (Å²) in [7, 11) is 0. The maximum atomic E-state index is 13.0. The zero-order chi connectivity index (χ0) is 17.9. The number of hydrazine groups is 1. The number of amides is 1. The molecular weight excluding hydrogens is 366 g/mol. The van der Waals surface area contributed by atoms with Crippen molar-refractivity contribution in [1.29, 1.82) is 5.26 Å². The molecule has 24 heavy (non-hydrogen) atoms. The monoisotopic (exact) mass is 373 g/mol. The zero-order valence-corrected chi connectivity index (χ0v) is 13.2. The van der Waals surface area contributed by atoms with Crippen molar-refractivity contribution in [3.63, 3.8) is 0 Å². The lowest BCUT2D eigenvalue weighted by Crippen LogP contribution is -2.30. The summed E-state index contributed by atoms with van der Waals surface area (Å²) in [6.07, 6.45) is -4.70. The summed E-state index contributed by atoms with van der Waals surface area (Å²) in [4.78, 5) is 12.0. The number of rotatable bonds is 3. The highest BCUT2D eigenvalue weighted by molar-refractivity contribution is 6.43. The Hall–Kier alpha value is -2.43. The molecule has 0 heterocycles. The highest BCUT2D eigenvalue weighted by Crippen LogP contribution is 2.35. The van der Waals surface area contributed by atoms with Gasteiger partial charge in [0.2, 0.25) is 0 Å². The van der Waals surface area contributed by atoms with E-state index in [-0.39, 0.29) is 21.2 Å². The molecule has 2 aromatic carbocycles. The normalized spacial score (nSPS) is 10.8. The second kappa shape index (κ2) is 6.99. The van der Waals surface area contributed by atoms with Gasteiger partial charge in [0.05, 0.1) is 38.5 Å². The molecule has 0 saturated carbocycles. The molecule has 2 aromatic rings. The van der Waals surface area contributed by atoms with Crippen LogP contribution in [0.4, 0.5) is 18.9 Å². The minimum absolute atomic E-state index is 0.00105. The Labute approximate surface area is 144 Å². The van der Waals surface area contributed by atoms with E-state index in [2.05, 4.69) is 10.9 Å². The lowest BCUT2D eigenvalue weighted by atomic mass is 10.1. The van der Waals surface area contributed by atoms with Crippen LogP contribution in [0.15, 0.2) is 36.4 Å². The standard InChI is InChI=1S/C15H8Cl2F3N3O/c16-11-3-1-2-9(13(11)17)14(24)23-22-12-5-4-8(7-21)6-10(12)15(18,19)20/h1-6,22H,(H,23,24). The first-order valence-electron chi connectivity index (χ1n) is 6.35. The van der Waals surface area contributed by atoms with Gasteiger partial charge in [-0.1, -0.05) is 29.3 Å². The molecule has 0 aliphatic heterocycles. The van der Waals surface area contributed by atoms with Crippen LogP contribution in [0.3, 0.4) is 0 Å². The Morgan fingerprint density at radius 2 is 1.88 bits per heavy atom. The second-order valence-corrected chi connectivity index (χ2v) is 5.34. The van der Waals surface area contributed by atoms with Crippen LogP contribution in [-0.4, -0.2) is 5.91 Å². The predicted molar refractivity (Wildman–Crippen MR) is 83.7 cm³/mol. The van der Waals surface area contributed by atoms with E-state index >= 15 is 0 Å². The number of hydrogen-bond acceptors (Lipinski definition) is 3. The summed E-state index contributed by atoms with van der Waals surface area (Å²) in [5, 5.41) is 8.83. The number of carbonyl (C=O) groups is 1. The molecule has 4 nitrogen and oxygen atoms in total. The molecule has 0 fully saturated rings. The molecule has 0 bridgehead atoms. The van der Waals surface area contributed by atoms with Crippen molar-refractivity contribution in [1.82, 2.24) is 5.43 Å². The van der Waals surface area contributed by atoms with Crippen molar-refractivity contribution in [2.75, 3.05) is 5.43 Å². The molecular formula is C15H8Cl2F3N3O. The van der Waals surface area contributed by atoms with Crippen LogP contribution in [0.25, 0.3) is 0 Å². The zero-order valence-electron chi connectivity index (χ0n) is 11.7. The summed E-state index contributed by atoms with van der Waals surface area (Å²) in [5.74, 6) is -0.764. The smallest absolute Gasteiger partial charge is 0.298 e. The third-order valence-electron chi connectivity index (χ3n) is 2.96. The Kier molecular flexibility index (Phi) is 5.22. The van der Waals surface area contributed by atoms with Gasteiger partial charge in [-0.2, -0.15) is 18.4 Å². The molecule has 0 saturated heterocycles. The summed E-state index contributed by atoms with van der Waals surface area (Å²) < 4.78 is 39.1. The van der Waals surface area contributed by atoms with Gasteiger partial charge in [-0.05, 0) is 30.3 Å². The Bertz CT molecular complexity index is 832. The first-order chi connectivity index (χ1) is 11.2. The molecule has 0 radical (unpaired) electrons. The number of benzene rings is 2. The minimum Gasteiger partial charge on any atom is -0.298 e. The number of halogens is 5. The summed E-state index contributed by atoms with van der Waals surface area (Å²) in [6.45, 7) is 0. The molecule has 0 aromatic heterocycles. The van der Waals surface area contributed by atoms with Crippen LogP contribution in [0.5, 0.6) is 0 Å². The average molecular weight is 374 g/mol. The fourth-order valence-corrected chi connectivity index (χ4v) is 2.21. The number of nitriles is 1. The van der Waals surface area contributed by atoms with E-state index in [1.54, 1.807) is 6.07 Å². The van der Waals surface area contributed by atoms with Crippen LogP contribution < -0.4 is 10.9 Å². The molecule has 9 heteroatoms. The van der Waals surface area contributed by atoms with E-state index in [0.717, 1.165) is 6.07 Å². The van der Waals surface area contributed by atoms with Crippen LogP contribution >= 0.6 is 23.2 Å². The fraction of sp³-hybridized carbons (Fsp3) is 0.0667. The number of anilines is 1. The highest BCUT2D eigenvalue weighted by atomic mass is 35.5. The van der Waals surface area contributed by atoms with Gasteiger partial charge >= 0.3 is 6.18 Å². The van der Waals surface area contributed by atoms with E-state index in [0.29, 0.717) is 6.07 Å². The fourth-order valence-electron chi connectivity index (χ4n) is 1.83. The van der Waals surface area contributed by atoms with Crippen molar-refractivity contribution in [2.24, 2.45) is 0 Å². The van der Waals surface area contributed by atoms with Crippen molar-refractivity contribution < 1.29 is 18.0 Å². The first-order valence-corrected chi connectivity index (χ1v) is 7.11. The van der Waals surface area contributed by atoms with Crippen LogP contribution in [0.1, 0.15) is 21.5 Å². The molecule has 2 rings (SSSR count). The SMILES string of the molecule is N#Cc1ccc(NNC(=O)c2cccc(Cl)c2Cl)c(C(F)(F)F)c1. The number of carbonyl (C=O) groups excluding carboxylic acids is 1. The Balaban J connectivity index is 2.25. The molecule has 0 aliphatic rings.